The summed E-state index contributed by atoms with van der Waals surface area (Å²) in [6.07, 6.45) is 6.43. The maximum absolute atomic E-state index is 10.1. The molecule has 0 aromatic carbocycles. The van der Waals surface area contributed by atoms with E-state index in [0.717, 1.165) is 24.8 Å². The number of rotatable bonds is 4. The van der Waals surface area contributed by atoms with Crippen molar-refractivity contribution in [1.29, 1.82) is 0 Å². The average Bonchev–Trinajstić information content (AvgIpc) is 2.40. The van der Waals surface area contributed by atoms with Gasteiger partial charge in [-0.3, -0.25) is 0 Å². The summed E-state index contributed by atoms with van der Waals surface area (Å²) in [5, 5.41) is 19.7. The molecular weight excluding hydrogens is 212 g/mol. The van der Waals surface area contributed by atoms with Crippen LogP contribution in [0.1, 0.15) is 47.0 Å². The van der Waals surface area contributed by atoms with Crippen LogP contribution in [0.5, 0.6) is 0 Å². The molecule has 0 unspecified atom stereocenters. The SMILES string of the molecule is C=C(C/C=C/C(C)(C)O)[C@@H]1CC[C@@](C)(O)[C@H]1C. The van der Waals surface area contributed by atoms with Gasteiger partial charge in [0, 0.05) is 0 Å². The van der Waals surface area contributed by atoms with Crippen molar-refractivity contribution in [1.82, 2.24) is 0 Å². The summed E-state index contributed by atoms with van der Waals surface area (Å²) in [4.78, 5) is 0. The van der Waals surface area contributed by atoms with Crippen molar-refractivity contribution in [2.24, 2.45) is 11.8 Å². The normalized spacial score (nSPS) is 34.5. The van der Waals surface area contributed by atoms with E-state index in [4.69, 9.17) is 0 Å². The van der Waals surface area contributed by atoms with Gasteiger partial charge in [0.2, 0.25) is 0 Å². The molecule has 2 nitrogen and oxygen atoms in total. The summed E-state index contributed by atoms with van der Waals surface area (Å²) >= 11 is 0. The molecule has 0 radical (unpaired) electrons. The highest BCUT2D eigenvalue weighted by atomic mass is 16.3. The van der Waals surface area contributed by atoms with Crippen LogP contribution in [0.4, 0.5) is 0 Å². The van der Waals surface area contributed by atoms with Crippen LogP contribution < -0.4 is 0 Å². The van der Waals surface area contributed by atoms with E-state index in [0.29, 0.717) is 5.92 Å². The van der Waals surface area contributed by atoms with Gasteiger partial charge in [-0.15, -0.1) is 0 Å². The van der Waals surface area contributed by atoms with Gasteiger partial charge in [-0.2, -0.15) is 0 Å². The Hall–Kier alpha value is -0.600. The van der Waals surface area contributed by atoms with Gasteiger partial charge in [-0.1, -0.05) is 31.2 Å². The van der Waals surface area contributed by atoms with Crippen LogP contribution >= 0.6 is 0 Å². The third kappa shape index (κ3) is 3.97. The van der Waals surface area contributed by atoms with E-state index in [9.17, 15) is 10.2 Å². The van der Waals surface area contributed by atoms with Crippen LogP contribution in [0.3, 0.4) is 0 Å². The highest BCUT2D eigenvalue weighted by Crippen LogP contribution is 2.43. The van der Waals surface area contributed by atoms with E-state index in [-0.39, 0.29) is 5.92 Å². The average molecular weight is 238 g/mol. The molecule has 1 aliphatic rings. The Morgan fingerprint density at radius 3 is 2.53 bits per heavy atom. The van der Waals surface area contributed by atoms with Crippen LogP contribution in [0.2, 0.25) is 0 Å². The predicted octanol–water partition coefficient (Wildman–Crippen LogP) is 3.06. The van der Waals surface area contributed by atoms with Gasteiger partial charge in [0.15, 0.2) is 0 Å². The first-order valence-corrected chi connectivity index (χ1v) is 6.43. The number of hydrogen-bond donors (Lipinski definition) is 2. The molecule has 3 atom stereocenters. The largest absolute Gasteiger partial charge is 0.390 e. The van der Waals surface area contributed by atoms with Gasteiger partial charge in [-0.05, 0) is 51.9 Å². The summed E-state index contributed by atoms with van der Waals surface area (Å²) in [5.41, 5.74) is -0.142. The lowest BCUT2D eigenvalue weighted by atomic mass is 9.84. The Balaban J connectivity index is 2.53. The smallest absolute Gasteiger partial charge is 0.0771 e. The summed E-state index contributed by atoms with van der Waals surface area (Å²) in [6, 6.07) is 0. The summed E-state index contributed by atoms with van der Waals surface area (Å²) in [6.45, 7) is 11.7. The van der Waals surface area contributed by atoms with Gasteiger partial charge < -0.3 is 10.2 Å². The Bertz CT molecular complexity index is 307. The first-order valence-electron chi connectivity index (χ1n) is 6.43. The summed E-state index contributed by atoms with van der Waals surface area (Å²) in [5.74, 6) is 0.669. The molecule has 1 fully saturated rings. The van der Waals surface area contributed by atoms with E-state index in [1.165, 1.54) is 0 Å². The molecule has 1 aliphatic carbocycles. The Labute approximate surface area is 105 Å². The van der Waals surface area contributed by atoms with E-state index >= 15 is 0 Å². The maximum atomic E-state index is 10.1. The van der Waals surface area contributed by atoms with Gasteiger partial charge in [0.05, 0.1) is 11.2 Å². The quantitative estimate of drug-likeness (QED) is 0.739. The topological polar surface area (TPSA) is 40.5 Å². The second-order valence-electron chi connectivity index (χ2n) is 6.21. The standard InChI is InChI=1S/C15H26O2/c1-11(7-6-9-14(3,4)16)13-8-10-15(5,17)12(13)2/h6,9,12-13,16-17H,1,7-8,10H2,2-5H3/b9-6+/t12-,13-,15+/m0/s1. The van der Waals surface area contributed by atoms with Crippen LogP contribution in [-0.4, -0.2) is 21.4 Å². The van der Waals surface area contributed by atoms with Crippen molar-refractivity contribution in [3.8, 4) is 0 Å². The molecule has 0 saturated heterocycles. The van der Waals surface area contributed by atoms with E-state index < -0.39 is 11.2 Å². The molecule has 17 heavy (non-hydrogen) atoms. The fourth-order valence-electron chi connectivity index (χ4n) is 2.57. The molecule has 98 valence electrons. The molecule has 0 spiro atoms. The number of aliphatic hydroxyl groups is 2. The lowest BCUT2D eigenvalue weighted by molar-refractivity contribution is 0.0215. The monoisotopic (exact) mass is 238 g/mol. The molecule has 0 aliphatic heterocycles. The highest BCUT2D eigenvalue weighted by molar-refractivity contribution is 5.14. The minimum Gasteiger partial charge on any atom is -0.390 e. The Kier molecular flexibility index (Phi) is 4.21. The number of hydrogen-bond acceptors (Lipinski definition) is 2. The van der Waals surface area contributed by atoms with Crippen molar-refractivity contribution in [2.75, 3.05) is 0 Å². The lowest BCUT2D eigenvalue weighted by Gasteiger charge is -2.26. The molecule has 0 amide bonds. The third-order valence-electron chi connectivity index (χ3n) is 3.98. The predicted molar refractivity (Wildman–Crippen MR) is 71.7 cm³/mol. The molecule has 0 heterocycles. The molecule has 2 heteroatoms. The number of allylic oxidation sites excluding steroid dienone is 2. The molecule has 0 aromatic heterocycles. The molecule has 2 N–H and O–H groups in total. The van der Waals surface area contributed by atoms with E-state index in [1.54, 1.807) is 19.9 Å². The lowest BCUT2D eigenvalue weighted by Crippen LogP contribution is -2.29. The highest BCUT2D eigenvalue weighted by Gasteiger charge is 2.41. The zero-order valence-corrected chi connectivity index (χ0v) is 11.5. The van der Waals surface area contributed by atoms with E-state index in [1.807, 2.05) is 13.0 Å². The molecular formula is C15H26O2. The molecule has 1 rings (SSSR count). The fraction of sp³-hybridized carbons (Fsp3) is 0.733. The first-order chi connectivity index (χ1) is 7.63. The third-order valence-corrected chi connectivity index (χ3v) is 3.98. The first kappa shape index (κ1) is 14.5. The molecule has 1 saturated carbocycles. The van der Waals surface area contributed by atoms with Gasteiger partial charge in [0.25, 0.3) is 0 Å². The van der Waals surface area contributed by atoms with Crippen LogP contribution in [0.25, 0.3) is 0 Å². The van der Waals surface area contributed by atoms with Gasteiger partial charge in [-0.25, -0.2) is 0 Å². The second kappa shape index (κ2) is 4.95. The fourth-order valence-corrected chi connectivity index (χ4v) is 2.57. The molecule has 0 bridgehead atoms. The van der Waals surface area contributed by atoms with Crippen LogP contribution in [-0.2, 0) is 0 Å². The van der Waals surface area contributed by atoms with E-state index in [2.05, 4.69) is 13.5 Å². The zero-order valence-electron chi connectivity index (χ0n) is 11.5. The van der Waals surface area contributed by atoms with Crippen LogP contribution in [0, 0.1) is 11.8 Å². The van der Waals surface area contributed by atoms with Crippen molar-refractivity contribution in [3.63, 3.8) is 0 Å². The van der Waals surface area contributed by atoms with Crippen molar-refractivity contribution < 1.29 is 10.2 Å². The molecule has 0 aromatic rings. The minimum atomic E-state index is -0.757. The summed E-state index contributed by atoms with van der Waals surface area (Å²) < 4.78 is 0. The van der Waals surface area contributed by atoms with Gasteiger partial charge >= 0.3 is 0 Å². The van der Waals surface area contributed by atoms with Gasteiger partial charge in [0.1, 0.15) is 0 Å². The van der Waals surface area contributed by atoms with Crippen LogP contribution in [0.15, 0.2) is 24.3 Å². The maximum Gasteiger partial charge on any atom is 0.0771 e. The second-order valence-corrected chi connectivity index (χ2v) is 6.21. The minimum absolute atomic E-state index is 0.269. The van der Waals surface area contributed by atoms with Crippen molar-refractivity contribution in [2.45, 2.75) is 58.2 Å². The summed E-state index contributed by atoms with van der Waals surface area (Å²) in [7, 11) is 0. The van der Waals surface area contributed by atoms with Crippen molar-refractivity contribution in [3.05, 3.63) is 24.3 Å². The van der Waals surface area contributed by atoms with Crippen molar-refractivity contribution >= 4 is 0 Å². The Morgan fingerprint density at radius 2 is 2.12 bits per heavy atom. The zero-order chi connectivity index (χ0) is 13.3. The Morgan fingerprint density at radius 1 is 1.53 bits per heavy atom.